The van der Waals surface area contributed by atoms with E-state index >= 15 is 0 Å². The van der Waals surface area contributed by atoms with E-state index in [2.05, 4.69) is 24.5 Å². The van der Waals surface area contributed by atoms with Crippen molar-refractivity contribution in [3.05, 3.63) is 34.9 Å². The summed E-state index contributed by atoms with van der Waals surface area (Å²) < 4.78 is 0. The number of halogens is 1. The summed E-state index contributed by atoms with van der Waals surface area (Å²) in [5.74, 6) is 0.477. The third-order valence-electron chi connectivity index (χ3n) is 2.95. The van der Waals surface area contributed by atoms with Crippen LogP contribution in [0.25, 0.3) is 0 Å². The van der Waals surface area contributed by atoms with Gasteiger partial charge in [-0.15, -0.1) is 0 Å². The molecule has 0 aromatic heterocycles. The molecular weight excluding hydrogens is 260 g/mol. The summed E-state index contributed by atoms with van der Waals surface area (Å²) in [5, 5.41) is 6.90. The maximum atomic E-state index is 11.9. The fourth-order valence-corrected chi connectivity index (χ4v) is 2.12. The second kappa shape index (κ2) is 7.51. The second-order valence-corrected chi connectivity index (χ2v) is 5.68. The van der Waals surface area contributed by atoms with Gasteiger partial charge in [0.1, 0.15) is 0 Å². The maximum Gasteiger partial charge on any atom is 0.236 e. The van der Waals surface area contributed by atoms with Crippen LogP contribution in [0.5, 0.6) is 0 Å². The van der Waals surface area contributed by atoms with Crippen LogP contribution in [0.3, 0.4) is 0 Å². The lowest BCUT2D eigenvalue weighted by Crippen LogP contribution is -2.44. The van der Waals surface area contributed by atoms with Crippen LogP contribution in [0.15, 0.2) is 24.3 Å². The molecule has 0 fully saturated rings. The predicted molar refractivity (Wildman–Crippen MR) is 80.3 cm³/mol. The Hall–Kier alpha value is -1.06. The van der Waals surface area contributed by atoms with Crippen LogP contribution in [0, 0.1) is 5.92 Å². The van der Waals surface area contributed by atoms with Gasteiger partial charge in [0.15, 0.2) is 0 Å². The number of carbonyl (C=O) groups excluding carboxylic acids is 1. The third-order valence-corrected chi connectivity index (χ3v) is 3.29. The summed E-state index contributed by atoms with van der Waals surface area (Å²) in [7, 11) is 0. The van der Waals surface area contributed by atoms with E-state index in [1.165, 1.54) is 0 Å². The molecule has 2 N–H and O–H groups in total. The van der Waals surface area contributed by atoms with Crippen LogP contribution in [-0.2, 0) is 4.79 Å². The molecule has 0 radical (unpaired) electrons. The zero-order valence-corrected chi connectivity index (χ0v) is 12.8. The molecule has 0 bridgehead atoms. The van der Waals surface area contributed by atoms with Crippen LogP contribution < -0.4 is 10.6 Å². The molecule has 3 nitrogen and oxygen atoms in total. The van der Waals surface area contributed by atoms with Gasteiger partial charge in [-0.05, 0) is 31.4 Å². The van der Waals surface area contributed by atoms with Gasteiger partial charge in [0.25, 0.3) is 0 Å². The molecule has 106 valence electrons. The lowest BCUT2D eigenvalue weighted by molar-refractivity contribution is -0.123. The van der Waals surface area contributed by atoms with Crippen LogP contribution in [0.2, 0.25) is 5.02 Å². The van der Waals surface area contributed by atoms with Crippen LogP contribution >= 0.6 is 11.6 Å². The quantitative estimate of drug-likeness (QED) is 0.841. The van der Waals surface area contributed by atoms with Gasteiger partial charge in [0.2, 0.25) is 5.91 Å². The standard InChI is InChI=1S/C15H23ClN2O/c1-10(2)9-17-15(19)12(4)18-11(3)13-7-5-6-8-14(13)16/h5-8,10-12,18H,9H2,1-4H3,(H,17,19)/t11-,12?/m1/s1. The van der Waals surface area contributed by atoms with Crippen molar-refractivity contribution in [2.24, 2.45) is 5.92 Å². The van der Waals surface area contributed by atoms with E-state index in [0.717, 1.165) is 10.6 Å². The maximum absolute atomic E-state index is 11.9. The number of hydrogen-bond donors (Lipinski definition) is 2. The summed E-state index contributed by atoms with van der Waals surface area (Å²) >= 11 is 6.14. The molecule has 1 rings (SSSR count). The summed E-state index contributed by atoms with van der Waals surface area (Å²) in [6.07, 6.45) is 0. The molecule has 0 aliphatic carbocycles. The number of hydrogen-bond acceptors (Lipinski definition) is 2. The highest BCUT2D eigenvalue weighted by atomic mass is 35.5. The Kier molecular flexibility index (Phi) is 6.32. The van der Waals surface area contributed by atoms with Gasteiger partial charge in [-0.3, -0.25) is 10.1 Å². The normalized spacial score (nSPS) is 14.2. The van der Waals surface area contributed by atoms with E-state index in [1.807, 2.05) is 38.1 Å². The van der Waals surface area contributed by atoms with Crippen molar-refractivity contribution >= 4 is 17.5 Å². The number of nitrogens with one attached hydrogen (secondary N) is 2. The monoisotopic (exact) mass is 282 g/mol. The van der Waals surface area contributed by atoms with E-state index < -0.39 is 0 Å². The highest BCUT2D eigenvalue weighted by Gasteiger charge is 2.17. The molecule has 1 aromatic rings. The van der Waals surface area contributed by atoms with Crippen molar-refractivity contribution in [1.29, 1.82) is 0 Å². The molecule has 0 aliphatic rings. The first-order chi connectivity index (χ1) is 8.91. The Balaban J connectivity index is 2.54. The molecule has 0 saturated carbocycles. The Morgan fingerprint density at radius 2 is 1.84 bits per heavy atom. The van der Waals surface area contributed by atoms with Crippen LogP contribution in [0.1, 0.15) is 39.3 Å². The molecule has 0 aliphatic heterocycles. The SMILES string of the molecule is CC(C)CNC(=O)C(C)N[C@H](C)c1ccccc1Cl. The first kappa shape index (κ1) is 16.0. The number of carbonyl (C=O) groups is 1. The second-order valence-electron chi connectivity index (χ2n) is 5.27. The summed E-state index contributed by atoms with van der Waals surface area (Å²) in [5.41, 5.74) is 1.01. The minimum atomic E-state index is -0.245. The van der Waals surface area contributed by atoms with E-state index in [4.69, 9.17) is 11.6 Å². The molecular formula is C15H23ClN2O. The first-order valence-corrected chi connectivity index (χ1v) is 7.07. The van der Waals surface area contributed by atoms with Gasteiger partial charge in [-0.1, -0.05) is 43.6 Å². The van der Waals surface area contributed by atoms with Crippen molar-refractivity contribution in [1.82, 2.24) is 10.6 Å². The largest absolute Gasteiger partial charge is 0.354 e. The molecule has 1 aromatic carbocycles. The predicted octanol–water partition coefficient (Wildman–Crippen LogP) is 3.15. The Morgan fingerprint density at radius 3 is 2.42 bits per heavy atom. The van der Waals surface area contributed by atoms with Crippen molar-refractivity contribution in [3.63, 3.8) is 0 Å². The number of rotatable bonds is 6. The highest BCUT2D eigenvalue weighted by molar-refractivity contribution is 6.31. The first-order valence-electron chi connectivity index (χ1n) is 6.70. The van der Waals surface area contributed by atoms with Gasteiger partial charge < -0.3 is 5.32 Å². The van der Waals surface area contributed by atoms with Gasteiger partial charge >= 0.3 is 0 Å². The average Bonchev–Trinajstić information content (AvgIpc) is 2.36. The fraction of sp³-hybridized carbons (Fsp3) is 0.533. The zero-order valence-electron chi connectivity index (χ0n) is 12.0. The van der Waals surface area contributed by atoms with Gasteiger partial charge in [0.05, 0.1) is 6.04 Å². The molecule has 19 heavy (non-hydrogen) atoms. The zero-order chi connectivity index (χ0) is 14.4. The van der Waals surface area contributed by atoms with Crippen LogP contribution in [-0.4, -0.2) is 18.5 Å². The molecule has 0 saturated heterocycles. The molecule has 1 unspecified atom stereocenters. The smallest absolute Gasteiger partial charge is 0.236 e. The molecule has 0 heterocycles. The lowest BCUT2D eigenvalue weighted by atomic mass is 10.1. The summed E-state index contributed by atoms with van der Waals surface area (Å²) in [4.78, 5) is 11.9. The Morgan fingerprint density at radius 1 is 1.21 bits per heavy atom. The van der Waals surface area contributed by atoms with Gasteiger partial charge in [0, 0.05) is 17.6 Å². The minimum absolute atomic E-state index is 0.0209. The number of amides is 1. The summed E-state index contributed by atoms with van der Waals surface area (Å²) in [6.45, 7) is 8.72. The highest BCUT2D eigenvalue weighted by Crippen LogP contribution is 2.22. The number of benzene rings is 1. The molecule has 2 atom stereocenters. The van der Waals surface area contributed by atoms with Gasteiger partial charge in [-0.2, -0.15) is 0 Å². The average molecular weight is 283 g/mol. The Labute approximate surface area is 120 Å². The Bertz CT molecular complexity index is 420. The molecule has 0 spiro atoms. The lowest BCUT2D eigenvalue weighted by Gasteiger charge is -2.21. The van der Waals surface area contributed by atoms with E-state index in [0.29, 0.717) is 12.5 Å². The van der Waals surface area contributed by atoms with E-state index in [9.17, 15) is 4.79 Å². The molecule has 4 heteroatoms. The van der Waals surface area contributed by atoms with Crippen molar-refractivity contribution < 1.29 is 4.79 Å². The minimum Gasteiger partial charge on any atom is -0.354 e. The van der Waals surface area contributed by atoms with Crippen LogP contribution in [0.4, 0.5) is 0 Å². The fourth-order valence-electron chi connectivity index (χ4n) is 1.82. The van der Waals surface area contributed by atoms with E-state index in [1.54, 1.807) is 0 Å². The van der Waals surface area contributed by atoms with Gasteiger partial charge in [-0.25, -0.2) is 0 Å². The topological polar surface area (TPSA) is 41.1 Å². The summed E-state index contributed by atoms with van der Waals surface area (Å²) in [6, 6.07) is 7.47. The van der Waals surface area contributed by atoms with Crippen molar-refractivity contribution in [3.8, 4) is 0 Å². The van der Waals surface area contributed by atoms with Crippen molar-refractivity contribution in [2.75, 3.05) is 6.54 Å². The third kappa shape index (κ3) is 5.21. The van der Waals surface area contributed by atoms with Crippen molar-refractivity contribution in [2.45, 2.75) is 39.8 Å². The van der Waals surface area contributed by atoms with E-state index in [-0.39, 0.29) is 18.0 Å². The molecule has 1 amide bonds.